The number of anilines is 1. The third-order valence-corrected chi connectivity index (χ3v) is 6.22. The Bertz CT molecular complexity index is 1090. The molecule has 0 aliphatic carbocycles. The minimum absolute atomic E-state index is 0.174. The van der Waals surface area contributed by atoms with Crippen LogP contribution in [0.1, 0.15) is 10.4 Å². The highest BCUT2D eigenvalue weighted by atomic mass is 79.9. The van der Waals surface area contributed by atoms with Crippen LogP contribution < -0.4 is 9.46 Å². The van der Waals surface area contributed by atoms with E-state index in [9.17, 15) is 13.2 Å². The number of nitrogens with zero attached hydrogens (tertiary/aromatic N) is 1. The van der Waals surface area contributed by atoms with Crippen molar-refractivity contribution in [3.63, 3.8) is 0 Å². The fourth-order valence-electron chi connectivity index (χ4n) is 2.65. The van der Waals surface area contributed by atoms with Gasteiger partial charge in [0, 0.05) is 22.8 Å². The quantitative estimate of drug-likeness (QED) is 0.509. The molecular formula is C22H21BrN2O4S. The van der Waals surface area contributed by atoms with E-state index in [4.69, 9.17) is 4.74 Å². The van der Waals surface area contributed by atoms with Gasteiger partial charge in [-0.05, 0) is 60.7 Å². The number of likely N-dealkylation sites (N-methyl/N-ethyl adjacent to an activating group) is 1. The van der Waals surface area contributed by atoms with E-state index in [0.29, 0.717) is 24.4 Å². The number of carbonyl (C=O) groups is 1. The lowest BCUT2D eigenvalue weighted by molar-refractivity contribution is 0.0774. The molecule has 0 aliphatic rings. The maximum atomic E-state index is 12.6. The van der Waals surface area contributed by atoms with Gasteiger partial charge in [-0.15, -0.1) is 0 Å². The molecule has 0 saturated heterocycles. The molecule has 3 aromatic carbocycles. The van der Waals surface area contributed by atoms with Gasteiger partial charge in [-0.3, -0.25) is 9.52 Å². The monoisotopic (exact) mass is 488 g/mol. The molecule has 3 aromatic rings. The fraction of sp³-hybridized carbons (Fsp3) is 0.136. The average molecular weight is 489 g/mol. The van der Waals surface area contributed by atoms with Crippen molar-refractivity contribution in [1.29, 1.82) is 0 Å². The number of nitrogens with one attached hydrogen (secondary N) is 1. The van der Waals surface area contributed by atoms with Crippen LogP contribution in [0, 0.1) is 0 Å². The van der Waals surface area contributed by atoms with Crippen molar-refractivity contribution in [3.05, 3.63) is 88.9 Å². The summed E-state index contributed by atoms with van der Waals surface area (Å²) in [5.74, 6) is 0.556. The summed E-state index contributed by atoms with van der Waals surface area (Å²) in [6, 6.07) is 21.9. The summed E-state index contributed by atoms with van der Waals surface area (Å²) >= 11 is 3.37. The summed E-state index contributed by atoms with van der Waals surface area (Å²) in [7, 11) is -1.97. The van der Waals surface area contributed by atoms with Crippen LogP contribution in [-0.4, -0.2) is 39.4 Å². The predicted octanol–water partition coefficient (Wildman–Crippen LogP) is 4.40. The molecular weight excluding hydrogens is 468 g/mol. The minimum atomic E-state index is -3.67. The van der Waals surface area contributed by atoms with Gasteiger partial charge >= 0.3 is 0 Å². The van der Waals surface area contributed by atoms with Crippen LogP contribution in [0.2, 0.25) is 0 Å². The first kappa shape index (κ1) is 21.9. The summed E-state index contributed by atoms with van der Waals surface area (Å²) in [5.41, 5.74) is 0.848. The number of amides is 1. The molecule has 1 amide bonds. The zero-order chi connectivity index (χ0) is 21.6. The minimum Gasteiger partial charge on any atom is -0.492 e. The van der Waals surface area contributed by atoms with Gasteiger partial charge in [0.15, 0.2) is 0 Å². The zero-order valence-corrected chi connectivity index (χ0v) is 18.7. The molecule has 156 valence electrons. The van der Waals surface area contributed by atoms with Crippen molar-refractivity contribution in [3.8, 4) is 5.75 Å². The lowest BCUT2D eigenvalue weighted by Gasteiger charge is -2.18. The van der Waals surface area contributed by atoms with Gasteiger partial charge in [0.25, 0.3) is 15.9 Å². The number of hydrogen-bond donors (Lipinski definition) is 1. The first-order valence-corrected chi connectivity index (χ1v) is 11.4. The Kier molecular flexibility index (Phi) is 7.12. The highest BCUT2D eigenvalue weighted by molar-refractivity contribution is 9.10. The number of hydrogen-bond acceptors (Lipinski definition) is 4. The van der Waals surface area contributed by atoms with E-state index >= 15 is 0 Å². The van der Waals surface area contributed by atoms with Crippen molar-refractivity contribution in [1.82, 2.24) is 4.90 Å². The molecule has 0 unspecified atom stereocenters. The van der Waals surface area contributed by atoms with Gasteiger partial charge in [-0.2, -0.15) is 0 Å². The van der Waals surface area contributed by atoms with Crippen LogP contribution in [-0.2, 0) is 10.0 Å². The zero-order valence-electron chi connectivity index (χ0n) is 16.3. The highest BCUT2D eigenvalue weighted by Gasteiger charge is 2.15. The van der Waals surface area contributed by atoms with Gasteiger partial charge in [-0.25, -0.2) is 8.42 Å². The predicted molar refractivity (Wildman–Crippen MR) is 120 cm³/mol. The average Bonchev–Trinajstić information content (AvgIpc) is 2.75. The first-order valence-electron chi connectivity index (χ1n) is 9.17. The van der Waals surface area contributed by atoms with E-state index in [1.165, 1.54) is 12.1 Å². The maximum absolute atomic E-state index is 12.6. The van der Waals surface area contributed by atoms with Crippen LogP contribution in [0.5, 0.6) is 5.75 Å². The van der Waals surface area contributed by atoms with Crippen molar-refractivity contribution in [2.75, 3.05) is 24.9 Å². The Morgan fingerprint density at radius 3 is 2.23 bits per heavy atom. The van der Waals surface area contributed by atoms with E-state index < -0.39 is 10.0 Å². The van der Waals surface area contributed by atoms with Crippen molar-refractivity contribution in [2.45, 2.75) is 4.90 Å². The number of ether oxygens (including phenoxy) is 1. The lowest BCUT2D eigenvalue weighted by Crippen LogP contribution is -2.30. The van der Waals surface area contributed by atoms with Crippen LogP contribution >= 0.6 is 15.9 Å². The molecule has 0 aromatic heterocycles. The Morgan fingerprint density at radius 2 is 1.60 bits per heavy atom. The van der Waals surface area contributed by atoms with Gasteiger partial charge in [-0.1, -0.05) is 34.1 Å². The van der Waals surface area contributed by atoms with Crippen LogP contribution in [0.25, 0.3) is 0 Å². The molecule has 0 spiro atoms. The van der Waals surface area contributed by atoms with Gasteiger partial charge in [0.05, 0.1) is 11.4 Å². The van der Waals surface area contributed by atoms with Gasteiger partial charge < -0.3 is 9.64 Å². The van der Waals surface area contributed by atoms with E-state index in [2.05, 4.69) is 20.7 Å². The molecule has 0 saturated carbocycles. The SMILES string of the molecule is CN(CCOc1ccc(Br)cc1)C(=O)c1ccc(NS(=O)(=O)c2ccccc2)cc1. The van der Waals surface area contributed by atoms with Crippen LogP contribution in [0.15, 0.2) is 88.2 Å². The third-order valence-electron chi connectivity index (χ3n) is 4.29. The standard InChI is InChI=1S/C22H21BrN2O4S/c1-25(15-16-29-20-13-9-18(23)10-14-20)22(26)17-7-11-19(12-8-17)24-30(27,28)21-5-3-2-4-6-21/h2-14,24H,15-16H2,1H3. The van der Waals surface area contributed by atoms with E-state index in [1.807, 2.05) is 24.3 Å². The highest BCUT2D eigenvalue weighted by Crippen LogP contribution is 2.18. The smallest absolute Gasteiger partial charge is 0.261 e. The Hall–Kier alpha value is -2.84. The molecule has 8 heteroatoms. The number of benzene rings is 3. The number of carbonyl (C=O) groups excluding carboxylic acids is 1. The van der Waals surface area contributed by atoms with E-state index in [1.54, 1.807) is 54.4 Å². The second-order valence-electron chi connectivity index (χ2n) is 6.52. The van der Waals surface area contributed by atoms with Crippen molar-refractivity contribution < 1.29 is 17.9 Å². The Morgan fingerprint density at radius 1 is 0.967 bits per heavy atom. The van der Waals surface area contributed by atoms with Crippen LogP contribution in [0.3, 0.4) is 0 Å². The van der Waals surface area contributed by atoms with Crippen molar-refractivity contribution in [2.24, 2.45) is 0 Å². The Labute approximate surface area is 184 Å². The molecule has 0 fully saturated rings. The molecule has 0 bridgehead atoms. The molecule has 0 heterocycles. The largest absolute Gasteiger partial charge is 0.492 e. The molecule has 30 heavy (non-hydrogen) atoms. The second-order valence-corrected chi connectivity index (χ2v) is 9.12. The molecule has 1 N–H and O–H groups in total. The molecule has 6 nitrogen and oxygen atoms in total. The first-order chi connectivity index (χ1) is 14.3. The Balaban J connectivity index is 1.55. The fourth-order valence-corrected chi connectivity index (χ4v) is 3.99. The van der Waals surface area contributed by atoms with Gasteiger partial charge in [0.1, 0.15) is 12.4 Å². The molecule has 0 atom stereocenters. The van der Waals surface area contributed by atoms with E-state index in [0.717, 1.165) is 10.2 Å². The van der Waals surface area contributed by atoms with Crippen LogP contribution in [0.4, 0.5) is 5.69 Å². The summed E-state index contributed by atoms with van der Waals surface area (Å²) in [5, 5.41) is 0. The number of sulfonamides is 1. The maximum Gasteiger partial charge on any atom is 0.261 e. The summed E-state index contributed by atoms with van der Waals surface area (Å²) < 4.78 is 33.9. The molecule has 0 radical (unpaired) electrons. The third kappa shape index (κ3) is 5.84. The number of rotatable bonds is 8. The lowest BCUT2D eigenvalue weighted by atomic mass is 10.2. The summed E-state index contributed by atoms with van der Waals surface area (Å²) in [6.07, 6.45) is 0. The van der Waals surface area contributed by atoms with E-state index in [-0.39, 0.29) is 10.8 Å². The number of halogens is 1. The summed E-state index contributed by atoms with van der Waals surface area (Å²) in [4.78, 5) is 14.3. The molecule has 3 rings (SSSR count). The summed E-state index contributed by atoms with van der Waals surface area (Å²) in [6.45, 7) is 0.774. The normalized spacial score (nSPS) is 11.0. The second kappa shape index (κ2) is 9.77. The topological polar surface area (TPSA) is 75.7 Å². The van der Waals surface area contributed by atoms with Gasteiger partial charge in [0.2, 0.25) is 0 Å². The van der Waals surface area contributed by atoms with Crippen molar-refractivity contribution >= 4 is 37.5 Å². The molecule has 0 aliphatic heterocycles.